The van der Waals surface area contributed by atoms with Gasteiger partial charge in [0, 0.05) is 5.56 Å². The van der Waals surface area contributed by atoms with Gasteiger partial charge in [-0.25, -0.2) is 0 Å². The molecule has 0 radical (unpaired) electrons. The number of nitrogens with one attached hydrogen (secondary N) is 1. The van der Waals surface area contributed by atoms with E-state index in [1.807, 2.05) is 12.1 Å². The van der Waals surface area contributed by atoms with Crippen molar-refractivity contribution in [2.45, 2.75) is 39.2 Å². The van der Waals surface area contributed by atoms with Gasteiger partial charge < -0.3 is 10.4 Å². The number of aryl methyl sites for hydroxylation is 1. The van der Waals surface area contributed by atoms with E-state index in [4.69, 9.17) is 5.11 Å². The van der Waals surface area contributed by atoms with Crippen LogP contribution in [-0.4, -0.2) is 23.0 Å². The molecule has 4 heteroatoms. The van der Waals surface area contributed by atoms with Crippen molar-refractivity contribution in [1.29, 1.82) is 0 Å². The molecule has 0 bridgehead atoms. The Bertz CT molecular complexity index is 412. The molecule has 0 saturated heterocycles. The summed E-state index contributed by atoms with van der Waals surface area (Å²) in [6, 6.07) is 6.41. The molecule has 0 fully saturated rings. The first-order valence-corrected chi connectivity index (χ1v) is 6.17. The molecule has 0 aliphatic carbocycles. The summed E-state index contributed by atoms with van der Waals surface area (Å²) in [5.41, 5.74) is 1.68. The highest BCUT2D eigenvalue weighted by molar-refractivity contribution is 5.96. The number of hydrogen-bond donors (Lipinski definition) is 2. The molecule has 0 unspecified atom stereocenters. The summed E-state index contributed by atoms with van der Waals surface area (Å²) < 4.78 is 0. The molecule has 0 saturated carbocycles. The van der Waals surface area contributed by atoms with Crippen LogP contribution in [0.5, 0.6) is 0 Å². The van der Waals surface area contributed by atoms with Gasteiger partial charge in [-0.05, 0) is 37.5 Å². The highest BCUT2D eigenvalue weighted by Gasteiger charge is 2.14. The SMILES string of the molecule is CCCCc1ccc(C(=O)N[C@H](C)C(=O)O)cc1. The van der Waals surface area contributed by atoms with Gasteiger partial charge in [-0.2, -0.15) is 0 Å². The fourth-order valence-corrected chi connectivity index (χ4v) is 1.55. The maximum absolute atomic E-state index is 11.7. The minimum atomic E-state index is -1.04. The third kappa shape index (κ3) is 4.20. The Kier molecular flexibility index (Phi) is 5.36. The summed E-state index contributed by atoms with van der Waals surface area (Å²) in [4.78, 5) is 22.3. The molecular weight excluding hydrogens is 230 g/mol. The number of carboxylic acids is 1. The van der Waals surface area contributed by atoms with Gasteiger partial charge in [-0.15, -0.1) is 0 Å². The standard InChI is InChI=1S/C14H19NO3/c1-3-4-5-11-6-8-12(9-7-11)13(16)15-10(2)14(17)18/h6-10H,3-5H2,1-2H3,(H,15,16)(H,17,18)/t10-/m1/s1. The van der Waals surface area contributed by atoms with Gasteiger partial charge in [0.15, 0.2) is 0 Å². The lowest BCUT2D eigenvalue weighted by molar-refractivity contribution is -0.138. The Morgan fingerprint density at radius 1 is 1.28 bits per heavy atom. The normalized spacial score (nSPS) is 11.9. The average molecular weight is 249 g/mol. The monoisotopic (exact) mass is 249 g/mol. The van der Waals surface area contributed by atoms with E-state index in [1.165, 1.54) is 12.5 Å². The Hall–Kier alpha value is -1.84. The minimum Gasteiger partial charge on any atom is -0.480 e. The van der Waals surface area contributed by atoms with Crippen LogP contribution in [0.25, 0.3) is 0 Å². The summed E-state index contributed by atoms with van der Waals surface area (Å²) >= 11 is 0. The van der Waals surface area contributed by atoms with Crippen molar-refractivity contribution in [3.63, 3.8) is 0 Å². The van der Waals surface area contributed by atoms with E-state index in [9.17, 15) is 9.59 Å². The molecule has 0 aliphatic heterocycles. The van der Waals surface area contributed by atoms with Crippen molar-refractivity contribution in [3.05, 3.63) is 35.4 Å². The second kappa shape index (κ2) is 6.79. The molecule has 98 valence electrons. The fraction of sp³-hybridized carbons (Fsp3) is 0.429. The molecule has 4 nitrogen and oxygen atoms in total. The zero-order valence-corrected chi connectivity index (χ0v) is 10.8. The first-order chi connectivity index (χ1) is 8.54. The first kappa shape index (κ1) is 14.2. The molecule has 1 aromatic carbocycles. The van der Waals surface area contributed by atoms with Crippen molar-refractivity contribution in [1.82, 2.24) is 5.32 Å². The van der Waals surface area contributed by atoms with Crippen LogP contribution in [0.4, 0.5) is 0 Å². The highest BCUT2D eigenvalue weighted by Crippen LogP contribution is 2.08. The van der Waals surface area contributed by atoms with Crippen molar-refractivity contribution in [2.75, 3.05) is 0 Å². The molecule has 1 aromatic rings. The van der Waals surface area contributed by atoms with Crippen LogP contribution in [0, 0.1) is 0 Å². The van der Waals surface area contributed by atoms with Crippen LogP contribution in [0.15, 0.2) is 24.3 Å². The predicted molar refractivity (Wildman–Crippen MR) is 69.6 cm³/mol. The zero-order valence-electron chi connectivity index (χ0n) is 10.8. The van der Waals surface area contributed by atoms with E-state index in [0.717, 1.165) is 19.3 Å². The summed E-state index contributed by atoms with van der Waals surface area (Å²) in [6.45, 7) is 3.57. The van der Waals surface area contributed by atoms with Gasteiger partial charge in [0.1, 0.15) is 6.04 Å². The largest absolute Gasteiger partial charge is 0.480 e. The summed E-state index contributed by atoms with van der Waals surface area (Å²) in [6.07, 6.45) is 3.27. The number of carbonyl (C=O) groups is 2. The topological polar surface area (TPSA) is 66.4 Å². The lowest BCUT2D eigenvalue weighted by Crippen LogP contribution is -2.38. The van der Waals surface area contributed by atoms with Crippen LogP contribution >= 0.6 is 0 Å². The van der Waals surface area contributed by atoms with Crippen molar-refractivity contribution < 1.29 is 14.7 Å². The maximum atomic E-state index is 11.7. The lowest BCUT2D eigenvalue weighted by Gasteiger charge is -2.09. The molecule has 2 N–H and O–H groups in total. The molecule has 1 atom stereocenters. The Morgan fingerprint density at radius 2 is 1.89 bits per heavy atom. The van der Waals surface area contributed by atoms with Crippen molar-refractivity contribution in [3.8, 4) is 0 Å². The van der Waals surface area contributed by atoms with Gasteiger partial charge in [0.05, 0.1) is 0 Å². The third-order valence-corrected chi connectivity index (χ3v) is 2.75. The van der Waals surface area contributed by atoms with Crippen LogP contribution in [0.2, 0.25) is 0 Å². The smallest absolute Gasteiger partial charge is 0.325 e. The Balaban J connectivity index is 2.61. The molecule has 1 amide bonds. The number of rotatable bonds is 6. The van der Waals surface area contributed by atoms with Gasteiger partial charge in [-0.3, -0.25) is 9.59 Å². The molecule has 1 rings (SSSR count). The maximum Gasteiger partial charge on any atom is 0.325 e. The van der Waals surface area contributed by atoms with E-state index < -0.39 is 12.0 Å². The quantitative estimate of drug-likeness (QED) is 0.812. The van der Waals surface area contributed by atoms with Crippen LogP contribution < -0.4 is 5.32 Å². The predicted octanol–water partition coefficient (Wildman–Crippen LogP) is 2.23. The van der Waals surface area contributed by atoms with Crippen molar-refractivity contribution in [2.24, 2.45) is 0 Å². The Morgan fingerprint density at radius 3 is 2.39 bits per heavy atom. The van der Waals surface area contributed by atoms with E-state index in [-0.39, 0.29) is 5.91 Å². The summed E-state index contributed by atoms with van der Waals surface area (Å²) in [5.74, 6) is -1.39. The van der Waals surface area contributed by atoms with E-state index in [1.54, 1.807) is 12.1 Å². The van der Waals surface area contributed by atoms with E-state index >= 15 is 0 Å². The van der Waals surface area contributed by atoms with Gasteiger partial charge in [0.25, 0.3) is 5.91 Å². The number of aliphatic carboxylic acids is 1. The second-order valence-electron chi connectivity index (χ2n) is 4.33. The van der Waals surface area contributed by atoms with Crippen molar-refractivity contribution >= 4 is 11.9 Å². The fourth-order valence-electron chi connectivity index (χ4n) is 1.55. The molecule has 18 heavy (non-hydrogen) atoms. The Labute approximate surface area is 107 Å². The molecule has 0 aliphatic rings. The highest BCUT2D eigenvalue weighted by atomic mass is 16.4. The molecule has 0 aromatic heterocycles. The number of carbonyl (C=O) groups excluding carboxylic acids is 1. The molecule has 0 heterocycles. The van der Waals surface area contributed by atoms with Gasteiger partial charge >= 0.3 is 5.97 Å². The van der Waals surface area contributed by atoms with Gasteiger partial charge in [-0.1, -0.05) is 25.5 Å². The third-order valence-electron chi connectivity index (χ3n) is 2.75. The van der Waals surface area contributed by atoms with Crippen LogP contribution in [0.3, 0.4) is 0 Å². The zero-order chi connectivity index (χ0) is 13.5. The molecule has 0 spiro atoms. The minimum absolute atomic E-state index is 0.355. The number of carboxylic acid groups (broad SMARTS) is 1. The van der Waals surface area contributed by atoms with Crippen LogP contribution in [-0.2, 0) is 11.2 Å². The summed E-state index contributed by atoms with van der Waals surface area (Å²) in [5, 5.41) is 11.1. The van der Waals surface area contributed by atoms with Crippen LogP contribution in [0.1, 0.15) is 42.6 Å². The first-order valence-electron chi connectivity index (χ1n) is 6.17. The average Bonchev–Trinajstić information content (AvgIpc) is 2.36. The number of amides is 1. The number of unbranched alkanes of at least 4 members (excludes halogenated alkanes) is 1. The van der Waals surface area contributed by atoms with E-state index in [2.05, 4.69) is 12.2 Å². The lowest BCUT2D eigenvalue weighted by atomic mass is 10.1. The number of hydrogen-bond acceptors (Lipinski definition) is 2. The second-order valence-corrected chi connectivity index (χ2v) is 4.33. The summed E-state index contributed by atoms with van der Waals surface area (Å²) in [7, 11) is 0. The van der Waals surface area contributed by atoms with E-state index in [0.29, 0.717) is 5.56 Å². The van der Waals surface area contributed by atoms with Gasteiger partial charge in [0.2, 0.25) is 0 Å². The number of benzene rings is 1. The molecular formula is C14H19NO3.